The molecule has 1 aromatic carbocycles. The van der Waals surface area contributed by atoms with E-state index in [-0.39, 0.29) is 11.3 Å². The molecule has 1 fully saturated rings. The Hall–Kier alpha value is -1.38. The van der Waals surface area contributed by atoms with Crippen molar-refractivity contribution in [2.45, 2.75) is 18.6 Å². The maximum absolute atomic E-state index is 14.1. The first-order valence-electron chi connectivity index (χ1n) is 6.92. The van der Waals surface area contributed by atoms with Crippen LogP contribution in [0.2, 0.25) is 0 Å². The number of ether oxygens (including phenoxy) is 1. The number of alkyl halides is 4. The van der Waals surface area contributed by atoms with E-state index in [2.05, 4.69) is 10.1 Å². The molecule has 0 bridgehead atoms. The summed E-state index contributed by atoms with van der Waals surface area (Å²) in [5, 5.41) is 12.1. The second kappa shape index (κ2) is 7.26. The van der Waals surface area contributed by atoms with Crippen molar-refractivity contribution >= 4 is 0 Å². The number of nitrogens with one attached hydrogen (secondary N) is 1. The number of aliphatic hydroxyl groups excluding tert-OH is 1. The van der Waals surface area contributed by atoms with Gasteiger partial charge in [0.2, 0.25) is 0 Å². The van der Waals surface area contributed by atoms with Gasteiger partial charge in [-0.05, 0) is 17.7 Å². The summed E-state index contributed by atoms with van der Waals surface area (Å²) in [6.07, 6.45) is 0. The van der Waals surface area contributed by atoms with Gasteiger partial charge in [-0.2, -0.15) is 8.78 Å². The van der Waals surface area contributed by atoms with E-state index in [9.17, 15) is 17.6 Å². The minimum absolute atomic E-state index is 0.0925. The van der Waals surface area contributed by atoms with E-state index < -0.39 is 25.2 Å². The Bertz CT molecular complexity index is 464. The summed E-state index contributed by atoms with van der Waals surface area (Å²) in [5.74, 6) is -3.42. The van der Waals surface area contributed by atoms with E-state index >= 15 is 0 Å². The highest BCUT2D eigenvalue weighted by molar-refractivity contribution is 5.30. The van der Waals surface area contributed by atoms with Crippen LogP contribution in [-0.4, -0.2) is 55.3 Å². The number of benzene rings is 1. The highest BCUT2D eigenvalue weighted by Gasteiger charge is 2.43. The van der Waals surface area contributed by atoms with Gasteiger partial charge in [0.25, 0.3) is 5.92 Å². The number of hydrogen-bond acceptors (Lipinski definition) is 4. The molecule has 1 atom stereocenters. The lowest BCUT2D eigenvalue weighted by atomic mass is 9.98. The Labute approximate surface area is 125 Å². The highest BCUT2D eigenvalue weighted by atomic mass is 19.3. The van der Waals surface area contributed by atoms with Crippen LogP contribution < -0.4 is 10.1 Å². The lowest BCUT2D eigenvalue weighted by Gasteiger charge is -2.38. The van der Waals surface area contributed by atoms with Crippen molar-refractivity contribution in [2.24, 2.45) is 0 Å². The molecule has 4 nitrogen and oxygen atoms in total. The molecule has 2 N–H and O–H groups in total. The first kappa shape index (κ1) is 17.0. The van der Waals surface area contributed by atoms with Gasteiger partial charge in [0.1, 0.15) is 18.4 Å². The van der Waals surface area contributed by atoms with Crippen LogP contribution in [0.3, 0.4) is 0 Å². The highest BCUT2D eigenvalue weighted by Crippen LogP contribution is 2.37. The molecule has 0 aliphatic carbocycles. The Morgan fingerprint density at radius 1 is 1.18 bits per heavy atom. The standard InChI is InChI=1S/C14H18F4N2O2/c15-13(16)22-11-3-1-10(2-4-11)12(14(17,18)9-21)20-7-5-19-6-8-20/h1-4,12-13,19,21H,5-9H2/t12-/m1/s1. The van der Waals surface area contributed by atoms with Crippen LogP contribution in [0.25, 0.3) is 0 Å². The second-order valence-electron chi connectivity index (χ2n) is 5.06. The number of halogens is 4. The van der Waals surface area contributed by atoms with Crippen molar-refractivity contribution in [1.82, 2.24) is 10.2 Å². The summed E-state index contributed by atoms with van der Waals surface area (Å²) in [5.41, 5.74) is 0.252. The molecular weight excluding hydrogens is 304 g/mol. The molecule has 1 heterocycles. The molecule has 124 valence electrons. The van der Waals surface area contributed by atoms with Gasteiger partial charge in [0, 0.05) is 26.2 Å². The van der Waals surface area contributed by atoms with Crippen molar-refractivity contribution in [3.63, 3.8) is 0 Å². The third-order valence-corrected chi connectivity index (χ3v) is 3.55. The van der Waals surface area contributed by atoms with E-state index in [4.69, 9.17) is 5.11 Å². The average molecular weight is 322 g/mol. The number of rotatable bonds is 6. The van der Waals surface area contributed by atoms with Gasteiger partial charge in [0.15, 0.2) is 0 Å². The van der Waals surface area contributed by atoms with Crippen LogP contribution in [0.1, 0.15) is 11.6 Å². The topological polar surface area (TPSA) is 44.7 Å². The van der Waals surface area contributed by atoms with Gasteiger partial charge in [-0.15, -0.1) is 0 Å². The van der Waals surface area contributed by atoms with Crippen LogP contribution in [-0.2, 0) is 0 Å². The number of hydrogen-bond donors (Lipinski definition) is 2. The SMILES string of the molecule is OCC(F)(F)[C@@H](c1ccc(OC(F)F)cc1)N1CCNCC1. The monoisotopic (exact) mass is 322 g/mol. The summed E-state index contributed by atoms with van der Waals surface area (Å²) >= 11 is 0. The molecule has 0 spiro atoms. The Morgan fingerprint density at radius 3 is 2.27 bits per heavy atom. The van der Waals surface area contributed by atoms with Crippen molar-refractivity contribution in [2.75, 3.05) is 32.8 Å². The smallest absolute Gasteiger partial charge is 0.387 e. The van der Waals surface area contributed by atoms with E-state index in [1.54, 1.807) is 4.90 Å². The molecule has 0 amide bonds. The van der Waals surface area contributed by atoms with Gasteiger partial charge in [-0.3, -0.25) is 4.90 Å². The van der Waals surface area contributed by atoms with Crippen LogP contribution in [0, 0.1) is 0 Å². The molecule has 22 heavy (non-hydrogen) atoms. The number of aliphatic hydroxyl groups is 1. The van der Waals surface area contributed by atoms with Crippen molar-refractivity contribution in [1.29, 1.82) is 0 Å². The molecule has 1 aliphatic rings. The zero-order valence-corrected chi connectivity index (χ0v) is 11.8. The zero-order chi connectivity index (χ0) is 16.2. The predicted molar refractivity (Wildman–Crippen MR) is 72.3 cm³/mol. The second-order valence-corrected chi connectivity index (χ2v) is 5.06. The Morgan fingerprint density at radius 2 is 1.77 bits per heavy atom. The average Bonchev–Trinajstić information content (AvgIpc) is 2.49. The van der Waals surface area contributed by atoms with Crippen LogP contribution in [0.4, 0.5) is 17.6 Å². The molecular formula is C14H18F4N2O2. The van der Waals surface area contributed by atoms with Crippen molar-refractivity contribution in [3.05, 3.63) is 29.8 Å². The summed E-state index contributed by atoms with van der Waals surface area (Å²) < 4.78 is 56.7. The fourth-order valence-electron chi connectivity index (χ4n) is 2.58. The Kier molecular flexibility index (Phi) is 5.60. The molecule has 1 aromatic rings. The van der Waals surface area contributed by atoms with E-state index in [0.717, 1.165) is 0 Å². The van der Waals surface area contributed by atoms with Gasteiger partial charge >= 0.3 is 6.61 Å². The van der Waals surface area contributed by atoms with Crippen molar-refractivity contribution < 1.29 is 27.4 Å². The van der Waals surface area contributed by atoms with Crippen LogP contribution >= 0.6 is 0 Å². The third kappa shape index (κ3) is 4.08. The van der Waals surface area contributed by atoms with E-state index in [1.165, 1.54) is 24.3 Å². The normalized spacial score (nSPS) is 18.5. The molecule has 0 unspecified atom stereocenters. The van der Waals surface area contributed by atoms with Gasteiger partial charge in [-0.1, -0.05) is 12.1 Å². The summed E-state index contributed by atoms with van der Waals surface area (Å²) in [6, 6.07) is 3.80. The van der Waals surface area contributed by atoms with E-state index in [0.29, 0.717) is 26.2 Å². The maximum atomic E-state index is 14.1. The molecule has 1 saturated heterocycles. The van der Waals surface area contributed by atoms with Crippen molar-refractivity contribution in [3.8, 4) is 5.75 Å². The lowest BCUT2D eigenvalue weighted by molar-refractivity contribution is -0.118. The molecule has 0 aromatic heterocycles. The fraction of sp³-hybridized carbons (Fsp3) is 0.571. The third-order valence-electron chi connectivity index (χ3n) is 3.55. The fourth-order valence-corrected chi connectivity index (χ4v) is 2.58. The zero-order valence-electron chi connectivity index (χ0n) is 11.8. The number of nitrogens with zero attached hydrogens (tertiary/aromatic N) is 1. The molecule has 0 saturated carbocycles. The minimum atomic E-state index is -3.33. The molecule has 1 aliphatic heterocycles. The molecule has 2 rings (SSSR count). The maximum Gasteiger partial charge on any atom is 0.387 e. The predicted octanol–water partition coefficient (Wildman–Crippen LogP) is 1.86. The van der Waals surface area contributed by atoms with Crippen LogP contribution in [0.15, 0.2) is 24.3 Å². The quantitative estimate of drug-likeness (QED) is 0.785. The number of piperazine rings is 1. The molecule has 0 radical (unpaired) electrons. The van der Waals surface area contributed by atoms with Gasteiger partial charge in [-0.25, -0.2) is 8.78 Å². The van der Waals surface area contributed by atoms with Gasteiger partial charge in [0.05, 0.1) is 0 Å². The van der Waals surface area contributed by atoms with Gasteiger partial charge < -0.3 is 15.2 Å². The first-order chi connectivity index (χ1) is 10.4. The summed E-state index contributed by atoms with van der Waals surface area (Å²) in [6.45, 7) is -2.27. The summed E-state index contributed by atoms with van der Waals surface area (Å²) in [7, 11) is 0. The van der Waals surface area contributed by atoms with Crippen LogP contribution in [0.5, 0.6) is 5.75 Å². The summed E-state index contributed by atoms with van der Waals surface area (Å²) in [4.78, 5) is 1.58. The largest absolute Gasteiger partial charge is 0.435 e. The lowest BCUT2D eigenvalue weighted by Crippen LogP contribution is -2.51. The molecule has 8 heteroatoms. The van der Waals surface area contributed by atoms with E-state index in [1.807, 2.05) is 0 Å². The first-order valence-corrected chi connectivity index (χ1v) is 6.92. The minimum Gasteiger partial charge on any atom is -0.435 e. The Balaban J connectivity index is 2.24.